The number of carbonyl (C=O) groups excluding carboxylic acids is 1. The highest BCUT2D eigenvalue weighted by molar-refractivity contribution is 6.06. The highest BCUT2D eigenvalue weighted by atomic mass is 16.5. The normalized spacial score (nSPS) is 26.6. The largest absolute Gasteiger partial charge is 0.409 e. The number of oxime groups is 1. The van der Waals surface area contributed by atoms with Gasteiger partial charge in [-0.15, -0.1) is 0 Å². The molecule has 1 atom stereocenters. The number of ether oxygens (including phenoxy) is 1. The Kier molecular flexibility index (Phi) is 5.45. The van der Waals surface area contributed by atoms with Crippen LogP contribution in [0.4, 0.5) is 0 Å². The van der Waals surface area contributed by atoms with Crippen LogP contribution in [0.25, 0.3) is 0 Å². The van der Waals surface area contributed by atoms with Gasteiger partial charge in [-0.2, -0.15) is 0 Å². The molecular weight excluding hydrogens is 270 g/mol. The molecule has 0 radical (unpaired) electrons. The molecule has 2 aliphatic rings. The number of amides is 1. The summed E-state index contributed by atoms with van der Waals surface area (Å²) in [6, 6.07) is 0. The Morgan fingerprint density at radius 2 is 2.05 bits per heavy atom. The van der Waals surface area contributed by atoms with Gasteiger partial charge in [-0.1, -0.05) is 30.8 Å². The van der Waals surface area contributed by atoms with Gasteiger partial charge in [0.2, 0.25) is 5.91 Å². The Hall–Kier alpha value is -1.30. The number of hydrogen-bond acceptors (Lipinski definition) is 4. The summed E-state index contributed by atoms with van der Waals surface area (Å²) in [7, 11) is 1.69. The third-order valence-electron chi connectivity index (χ3n) is 4.94. The van der Waals surface area contributed by atoms with E-state index in [0.717, 1.165) is 38.6 Å². The Morgan fingerprint density at radius 3 is 2.62 bits per heavy atom. The molecule has 3 N–H and O–H groups in total. The van der Waals surface area contributed by atoms with Crippen LogP contribution >= 0.6 is 0 Å². The van der Waals surface area contributed by atoms with Gasteiger partial charge in [0.05, 0.1) is 6.61 Å². The summed E-state index contributed by atoms with van der Waals surface area (Å²) in [5, 5.41) is 12.3. The molecule has 1 saturated carbocycles. The van der Waals surface area contributed by atoms with Gasteiger partial charge >= 0.3 is 0 Å². The highest BCUT2D eigenvalue weighted by Crippen LogP contribution is 2.38. The molecule has 0 aromatic carbocycles. The molecule has 0 aromatic heterocycles. The van der Waals surface area contributed by atoms with Crippen molar-refractivity contribution < 1.29 is 14.7 Å². The van der Waals surface area contributed by atoms with Crippen LogP contribution in [0.3, 0.4) is 0 Å². The second kappa shape index (κ2) is 7.11. The third kappa shape index (κ3) is 3.31. The first-order valence-corrected chi connectivity index (χ1v) is 7.90. The van der Waals surface area contributed by atoms with E-state index in [0.29, 0.717) is 31.9 Å². The Morgan fingerprint density at radius 1 is 1.38 bits per heavy atom. The van der Waals surface area contributed by atoms with Crippen molar-refractivity contribution >= 4 is 11.7 Å². The molecule has 0 aromatic rings. The lowest BCUT2D eigenvalue weighted by molar-refractivity contribution is -0.138. The molecule has 21 heavy (non-hydrogen) atoms. The van der Waals surface area contributed by atoms with E-state index in [1.807, 2.05) is 4.90 Å². The molecule has 6 heteroatoms. The number of nitrogens with zero attached hydrogens (tertiary/aromatic N) is 2. The second-order valence-electron chi connectivity index (χ2n) is 6.34. The number of rotatable bonds is 4. The van der Waals surface area contributed by atoms with Crippen LogP contribution in [0.1, 0.15) is 44.9 Å². The molecule has 0 spiro atoms. The first-order valence-electron chi connectivity index (χ1n) is 7.90. The topological polar surface area (TPSA) is 88.2 Å². The first kappa shape index (κ1) is 16.1. The van der Waals surface area contributed by atoms with Gasteiger partial charge in [-0.25, -0.2) is 0 Å². The van der Waals surface area contributed by atoms with E-state index in [1.165, 1.54) is 0 Å². The van der Waals surface area contributed by atoms with E-state index >= 15 is 0 Å². The van der Waals surface area contributed by atoms with Crippen molar-refractivity contribution in [3.63, 3.8) is 0 Å². The maximum Gasteiger partial charge on any atom is 0.236 e. The number of nitrogens with two attached hydrogens (primary N) is 1. The summed E-state index contributed by atoms with van der Waals surface area (Å²) in [5.41, 5.74) is 5.14. The SMILES string of the molecule is COCC1CCN(C(=O)C2(C(N)=NO)CCCCCC2)C1. The van der Waals surface area contributed by atoms with E-state index < -0.39 is 5.41 Å². The van der Waals surface area contributed by atoms with Crippen LogP contribution in [-0.4, -0.2) is 48.7 Å². The molecule has 6 nitrogen and oxygen atoms in total. The lowest BCUT2D eigenvalue weighted by Crippen LogP contribution is -2.50. The smallest absolute Gasteiger partial charge is 0.236 e. The minimum Gasteiger partial charge on any atom is -0.409 e. The third-order valence-corrected chi connectivity index (χ3v) is 4.94. The van der Waals surface area contributed by atoms with Crippen LogP contribution in [0, 0.1) is 11.3 Å². The number of carbonyl (C=O) groups is 1. The minimum atomic E-state index is -0.798. The van der Waals surface area contributed by atoms with Crippen LogP contribution < -0.4 is 5.73 Å². The summed E-state index contributed by atoms with van der Waals surface area (Å²) >= 11 is 0. The van der Waals surface area contributed by atoms with Crippen molar-refractivity contribution in [1.29, 1.82) is 0 Å². The molecule has 1 unspecified atom stereocenters. The molecule has 1 saturated heterocycles. The van der Waals surface area contributed by atoms with Gasteiger partial charge in [0, 0.05) is 26.1 Å². The van der Waals surface area contributed by atoms with Crippen molar-refractivity contribution in [3.05, 3.63) is 0 Å². The summed E-state index contributed by atoms with van der Waals surface area (Å²) < 4.78 is 5.19. The quantitative estimate of drug-likeness (QED) is 0.271. The van der Waals surface area contributed by atoms with E-state index in [2.05, 4.69) is 5.16 Å². The fourth-order valence-corrected chi connectivity index (χ4v) is 3.70. The molecule has 1 heterocycles. The van der Waals surface area contributed by atoms with E-state index in [4.69, 9.17) is 15.7 Å². The molecule has 2 rings (SSSR count). The van der Waals surface area contributed by atoms with Gasteiger partial charge in [-0.3, -0.25) is 4.79 Å². The molecule has 0 bridgehead atoms. The maximum absolute atomic E-state index is 13.0. The standard InChI is InChI=1S/C15H27N3O3/c1-21-11-12-6-9-18(10-12)14(19)15(13(16)17-20)7-4-2-3-5-8-15/h12,20H,2-11H2,1H3,(H2,16,17). The average Bonchev–Trinajstić information content (AvgIpc) is 2.82. The van der Waals surface area contributed by atoms with Crippen LogP contribution in [0.2, 0.25) is 0 Å². The van der Waals surface area contributed by atoms with Crippen molar-refractivity contribution in [2.24, 2.45) is 22.2 Å². The zero-order chi connectivity index (χ0) is 15.3. The van der Waals surface area contributed by atoms with Gasteiger partial charge in [0.15, 0.2) is 5.84 Å². The lowest BCUT2D eigenvalue weighted by Gasteiger charge is -2.34. The van der Waals surface area contributed by atoms with Crippen LogP contribution in [0.5, 0.6) is 0 Å². The monoisotopic (exact) mass is 297 g/mol. The van der Waals surface area contributed by atoms with Gasteiger partial charge in [0.1, 0.15) is 5.41 Å². The van der Waals surface area contributed by atoms with Crippen LogP contribution in [0.15, 0.2) is 5.16 Å². The van der Waals surface area contributed by atoms with Gasteiger partial charge < -0.3 is 20.6 Å². The number of methoxy groups -OCH3 is 1. The van der Waals surface area contributed by atoms with Crippen molar-refractivity contribution in [2.75, 3.05) is 26.8 Å². The van der Waals surface area contributed by atoms with Gasteiger partial charge in [0.25, 0.3) is 0 Å². The number of amidine groups is 1. The molecule has 1 amide bonds. The predicted octanol–water partition coefficient (Wildman–Crippen LogP) is 1.57. The number of likely N-dealkylation sites (tertiary alicyclic amines) is 1. The van der Waals surface area contributed by atoms with Crippen molar-refractivity contribution in [1.82, 2.24) is 4.90 Å². The minimum absolute atomic E-state index is 0.0401. The molecular formula is C15H27N3O3. The maximum atomic E-state index is 13.0. The number of hydrogen-bond donors (Lipinski definition) is 2. The zero-order valence-corrected chi connectivity index (χ0v) is 12.9. The zero-order valence-electron chi connectivity index (χ0n) is 12.9. The molecule has 2 fully saturated rings. The van der Waals surface area contributed by atoms with Gasteiger partial charge in [-0.05, 0) is 19.3 Å². The summed E-state index contributed by atoms with van der Waals surface area (Å²) in [4.78, 5) is 14.9. The van der Waals surface area contributed by atoms with Crippen LogP contribution in [-0.2, 0) is 9.53 Å². The fourth-order valence-electron chi connectivity index (χ4n) is 3.70. The summed E-state index contributed by atoms with van der Waals surface area (Å²) in [5.74, 6) is 0.525. The Labute approximate surface area is 126 Å². The van der Waals surface area contributed by atoms with E-state index in [1.54, 1.807) is 7.11 Å². The first-order chi connectivity index (χ1) is 10.1. The lowest BCUT2D eigenvalue weighted by atomic mass is 9.77. The molecule has 120 valence electrons. The fraction of sp³-hybridized carbons (Fsp3) is 0.867. The predicted molar refractivity (Wildman–Crippen MR) is 80.1 cm³/mol. The van der Waals surface area contributed by atoms with E-state index in [-0.39, 0.29) is 11.7 Å². The Bertz CT molecular complexity index is 390. The summed E-state index contributed by atoms with van der Waals surface area (Å²) in [6.45, 7) is 2.14. The summed E-state index contributed by atoms with van der Waals surface area (Å²) in [6.07, 6.45) is 6.47. The Balaban J connectivity index is 2.15. The molecule has 1 aliphatic heterocycles. The molecule has 1 aliphatic carbocycles. The highest BCUT2D eigenvalue weighted by Gasteiger charge is 2.46. The van der Waals surface area contributed by atoms with E-state index in [9.17, 15) is 4.79 Å². The van der Waals surface area contributed by atoms with Crippen molar-refractivity contribution in [3.8, 4) is 0 Å². The second-order valence-corrected chi connectivity index (χ2v) is 6.34. The average molecular weight is 297 g/mol. The van der Waals surface area contributed by atoms with Crippen molar-refractivity contribution in [2.45, 2.75) is 44.9 Å².